The third-order valence-electron chi connectivity index (χ3n) is 6.35. The third-order valence-corrected chi connectivity index (χ3v) is 6.35. The van der Waals surface area contributed by atoms with Crippen LogP contribution in [0.5, 0.6) is 0 Å². The van der Waals surface area contributed by atoms with Crippen molar-refractivity contribution in [3.63, 3.8) is 0 Å². The summed E-state index contributed by atoms with van der Waals surface area (Å²) in [6.07, 6.45) is 4.96. The molecule has 3 aliphatic rings. The molecule has 0 aromatic heterocycles. The molecule has 2 N–H and O–H groups in total. The van der Waals surface area contributed by atoms with E-state index in [1.807, 2.05) is 0 Å². The van der Waals surface area contributed by atoms with Gasteiger partial charge in [-0.1, -0.05) is 25.8 Å². The minimum Gasteiger partial charge on any atom is -0.481 e. The van der Waals surface area contributed by atoms with Crippen molar-refractivity contribution in [2.45, 2.75) is 56.8 Å². The molecule has 2 unspecified atom stereocenters. The van der Waals surface area contributed by atoms with Gasteiger partial charge >= 0.3 is 5.97 Å². The van der Waals surface area contributed by atoms with E-state index in [1.165, 1.54) is 4.90 Å². The second-order valence-electron chi connectivity index (χ2n) is 7.93. The minimum atomic E-state index is -1.11. The Morgan fingerprint density at radius 1 is 1.43 bits per heavy atom. The predicted octanol–water partition coefficient (Wildman–Crippen LogP) is 0.643. The first kappa shape index (κ1) is 20.8. The third kappa shape index (κ3) is 3.12. The molecule has 0 radical (unpaired) electrons. The number of ether oxygens (including phenoxy) is 1. The van der Waals surface area contributed by atoms with E-state index in [0.717, 1.165) is 19.3 Å². The van der Waals surface area contributed by atoms with E-state index < -0.39 is 41.5 Å². The molecule has 1 spiro atoms. The second kappa shape index (κ2) is 8.21. The molecule has 2 amide bonds. The summed E-state index contributed by atoms with van der Waals surface area (Å²) in [6, 6.07) is -0.895. The summed E-state index contributed by atoms with van der Waals surface area (Å²) in [4.78, 5) is 41.5. The first-order valence-electron chi connectivity index (χ1n) is 10.1. The summed E-state index contributed by atoms with van der Waals surface area (Å²) in [5.41, 5.74) is -1.11. The standard InChI is InChI=1S/C20H30N2O6/c1-3-5-6-10-21(9-4-2)18(25)16-20-8-7-13(28-20)14(19(26)27)15(20)17(24)22(16)11-12-23/h4,13-16,23H,2-3,5-12H2,1H3,(H,26,27)/t13-,14+,15+,16?,20?/m1/s1. The van der Waals surface area contributed by atoms with Gasteiger partial charge < -0.3 is 24.7 Å². The Morgan fingerprint density at radius 2 is 2.18 bits per heavy atom. The number of unbranched alkanes of at least 4 members (excludes halogenated alkanes) is 2. The summed E-state index contributed by atoms with van der Waals surface area (Å²) in [5.74, 6) is -3.51. The highest BCUT2D eigenvalue weighted by Gasteiger charge is 2.74. The lowest BCUT2D eigenvalue weighted by atomic mass is 9.70. The number of carboxylic acids is 1. The highest BCUT2D eigenvalue weighted by Crippen LogP contribution is 2.58. The zero-order valence-electron chi connectivity index (χ0n) is 16.4. The van der Waals surface area contributed by atoms with Gasteiger partial charge in [-0.3, -0.25) is 14.4 Å². The van der Waals surface area contributed by atoms with Gasteiger partial charge in [-0.25, -0.2) is 0 Å². The molecule has 0 saturated carbocycles. The molecule has 8 heteroatoms. The van der Waals surface area contributed by atoms with Crippen LogP contribution in [0.15, 0.2) is 12.7 Å². The predicted molar refractivity (Wildman–Crippen MR) is 100 cm³/mol. The molecule has 156 valence electrons. The number of β-amino-alcohol motifs (C(OH)–C–C–N with tert-alkyl or cyclic N) is 1. The first-order chi connectivity index (χ1) is 13.4. The van der Waals surface area contributed by atoms with Crippen LogP contribution in [-0.2, 0) is 19.1 Å². The maximum atomic E-state index is 13.5. The molecule has 3 aliphatic heterocycles. The van der Waals surface area contributed by atoms with E-state index in [2.05, 4.69) is 13.5 Å². The molecule has 3 heterocycles. The molecule has 28 heavy (non-hydrogen) atoms. The maximum Gasteiger partial charge on any atom is 0.310 e. The molecule has 8 nitrogen and oxygen atoms in total. The second-order valence-corrected chi connectivity index (χ2v) is 7.93. The number of carbonyl (C=O) groups excluding carboxylic acids is 2. The Morgan fingerprint density at radius 3 is 2.79 bits per heavy atom. The smallest absolute Gasteiger partial charge is 0.310 e. The van der Waals surface area contributed by atoms with E-state index >= 15 is 0 Å². The molecular formula is C20H30N2O6. The van der Waals surface area contributed by atoms with Crippen LogP contribution in [0.3, 0.4) is 0 Å². The van der Waals surface area contributed by atoms with Gasteiger partial charge in [-0.2, -0.15) is 0 Å². The first-order valence-corrected chi connectivity index (χ1v) is 10.1. The van der Waals surface area contributed by atoms with Gasteiger partial charge in [0.2, 0.25) is 11.8 Å². The van der Waals surface area contributed by atoms with Crippen molar-refractivity contribution in [3.05, 3.63) is 12.7 Å². The lowest BCUT2D eigenvalue weighted by molar-refractivity contribution is -0.151. The SMILES string of the molecule is C=CCN(CCCCC)C(=O)C1N(CCO)C(=O)[C@@H]2[C@@H](C(=O)O)[C@H]3CCC12O3. The number of amides is 2. The molecule has 3 saturated heterocycles. The number of aliphatic carboxylic acids is 1. The zero-order chi connectivity index (χ0) is 20.5. The van der Waals surface area contributed by atoms with Gasteiger partial charge in [0.25, 0.3) is 0 Å². The molecule has 0 aliphatic carbocycles. The van der Waals surface area contributed by atoms with Gasteiger partial charge in [-0.05, 0) is 19.3 Å². The number of hydrogen-bond donors (Lipinski definition) is 2. The Kier molecular flexibility index (Phi) is 6.09. The fourth-order valence-electron chi connectivity index (χ4n) is 5.24. The Labute approximate surface area is 165 Å². The largest absolute Gasteiger partial charge is 0.481 e. The van der Waals surface area contributed by atoms with Gasteiger partial charge in [0.1, 0.15) is 11.6 Å². The number of nitrogens with zero attached hydrogens (tertiary/aromatic N) is 2. The van der Waals surface area contributed by atoms with E-state index in [-0.39, 0.29) is 19.1 Å². The normalized spacial score (nSPS) is 33.2. The quantitative estimate of drug-likeness (QED) is 0.416. The Bertz CT molecular complexity index is 653. The fourth-order valence-corrected chi connectivity index (χ4v) is 5.24. The number of hydrogen-bond acceptors (Lipinski definition) is 5. The van der Waals surface area contributed by atoms with Gasteiger partial charge in [0, 0.05) is 19.6 Å². The number of carboxylic acid groups (broad SMARTS) is 1. The van der Waals surface area contributed by atoms with Crippen LogP contribution in [0.25, 0.3) is 0 Å². The van der Waals surface area contributed by atoms with E-state index in [1.54, 1.807) is 11.0 Å². The topological polar surface area (TPSA) is 107 Å². The van der Waals surface area contributed by atoms with Crippen LogP contribution in [0.4, 0.5) is 0 Å². The molecule has 3 fully saturated rings. The van der Waals surface area contributed by atoms with E-state index in [0.29, 0.717) is 25.9 Å². The van der Waals surface area contributed by atoms with Crippen LogP contribution in [0.1, 0.15) is 39.0 Å². The van der Waals surface area contributed by atoms with Crippen LogP contribution in [0.2, 0.25) is 0 Å². The van der Waals surface area contributed by atoms with Crippen molar-refractivity contribution >= 4 is 17.8 Å². The number of likely N-dealkylation sites (tertiary alicyclic amines) is 1. The molecule has 2 bridgehead atoms. The summed E-state index contributed by atoms with van der Waals surface area (Å²) in [7, 11) is 0. The average molecular weight is 394 g/mol. The van der Waals surface area contributed by atoms with Crippen molar-refractivity contribution < 1.29 is 29.3 Å². The molecule has 0 aromatic carbocycles. The van der Waals surface area contributed by atoms with E-state index in [9.17, 15) is 24.6 Å². The summed E-state index contributed by atoms with van der Waals surface area (Å²) in [5, 5.41) is 19.1. The molecule has 5 atom stereocenters. The maximum absolute atomic E-state index is 13.5. The highest BCUT2D eigenvalue weighted by molar-refractivity contribution is 5.98. The van der Waals surface area contributed by atoms with E-state index in [4.69, 9.17) is 4.74 Å². The highest BCUT2D eigenvalue weighted by atomic mass is 16.5. The monoisotopic (exact) mass is 394 g/mol. The molecule has 0 aromatic rings. The Balaban J connectivity index is 1.94. The Hall–Kier alpha value is -1.93. The summed E-state index contributed by atoms with van der Waals surface area (Å²) in [6.45, 7) is 6.41. The van der Waals surface area contributed by atoms with Crippen molar-refractivity contribution in [2.24, 2.45) is 11.8 Å². The minimum absolute atomic E-state index is 0.00918. The lowest BCUT2D eigenvalue weighted by Crippen LogP contribution is -2.56. The van der Waals surface area contributed by atoms with Gasteiger partial charge in [-0.15, -0.1) is 6.58 Å². The van der Waals surface area contributed by atoms with Crippen molar-refractivity contribution in [3.8, 4) is 0 Å². The van der Waals surface area contributed by atoms with Gasteiger partial charge in [0.05, 0.1) is 24.5 Å². The number of aliphatic hydroxyl groups excluding tert-OH is 1. The van der Waals surface area contributed by atoms with Crippen LogP contribution in [-0.4, -0.2) is 81.8 Å². The van der Waals surface area contributed by atoms with Crippen molar-refractivity contribution in [2.75, 3.05) is 26.2 Å². The number of carbonyl (C=O) groups is 3. The number of fused-ring (bicyclic) bond motifs is 1. The summed E-state index contributed by atoms with van der Waals surface area (Å²) < 4.78 is 6.09. The average Bonchev–Trinajstić information content (AvgIpc) is 3.29. The van der Waals surface area contributed by atoms with Crippen molar-refractivity contribution in [1.82, 2.24) is 9.80 Å². The van der Waals surface area contributed by atoms with Gasteiger partial charge in [0.15, 0.2) is 0 Å². The number of rotatable bonds is 10. The molecule has 3 rings (SSSR count). The van der Waals surface area contributed by atoms with Crippen LogP contribution in [0, 0.1) is 11.8 Å². The molecular weight excluding hydrogens is 364 g/mol. The lowest BCUT2D eigenvalue weighted by Gasteiger charge is -2.36. The summed E-state index contributed by atoms with van der Waals surface area (Å²) >= 11 is 0. The number of aliphatic hydroxyl groups is 1. The van der Waals surface area contributed by atoms with Crippen molar-refractivity contribution in [1.29, 1.82) is 0 Å². The van der Waals surface area contributed by atoms with Crippen LogP contribution >= 0.6 is 0 Å². The van der Waals surface area contributed by atoms with Crippen LogP contribution < -0.4 is 0 Å². The fraction of sp³-hybridized carbons (Fsp3) is 0.750. The zero-order valence-corrected chi connectivity index (χ0v) is 16.4.